The molecule has 0 spiro atoms. The topological polar surface area (TPSA) is 29.3 Å². The van der Waals surface area contributed by atoms with E-state index in [0.29, 0.717) is 22.8 Å². The molecule has 0 bridgehead atoms. The minimum absolute atomic E-state index is 0. The summed E-state index contributed by atoms with van der Waals surface area (Å²) >= 11 is 5.83. The Morgan fingerprint density at radius 1 is 1.11 bits per heavy atom. The number of nitrogens with zero attached hydrogens (tertiary/aromatic N) is 1. The smallest absolute Gasteiger partial charge is 0.0410 e. The Labute approximate surface area is 244 Å². The summed E-state index contributed by atoms with van der Waals surface area (Å²) in [5, 5.41) is 0.346. The Bertz CT molecular complexity index is 839. The Morgan fingerprint density at radius 3 is 2.31 bits per heavy atom. The summed E-state index contributed by atoms with van der Waals surface area (Å²) in [6.45, 7) is 15.5. The first-order valence-electron chi connectivity index (χ1n) is 13.0. The molecular formula is C30H47ClFN2U-. The van der Waals surface area contributed by atoms with Crippen LogP contribution in [0.25, 0.3) is 5.70 Å². The second-order valence-electron chi connectivity index (χ2n) is 8.41. The molecule has 0 radical (unpaired) electrons. The minimum Gasteiger partial charge on any atom is -0.398 e. The predicted molar refractivity (Wildman–Crippen MR) is 150 cm³/mol. The largest absolute Gasteiger partial charge is 0.398 e. The van der Waals surface area contributed by atoms with Gasteiger partial charge in [0.25, 0.3) is 0 Å². The van der Waals surface area contributed by atoms with E-state index in [2.05, 4.69) is 26.8 Å². The summed E-state index contributed by atoms with van der Waals surface area (Å²) in [5.74, 6) is 0.552. The third kappa shape index (κ3) is 12.8. The van der Waals surface area contributed by atoms with Gasteiger partial charge in [-0.1, -0.05) is 110 Å². The summed E-state index contributed by atoms with van der Waals surface area (Å²) in [6.07, 6.45) is 9.03. The number of hydrogen-bond acceptors (Lipinski definition) is 2. The van der Waals surface area contributed by atoms with E-state index in [4.69, 9.17) is 17.3 Å². The van der Waals surface area contributed by atoms with Gasteiger partial charge < -0.3 is 5.73 Å². The minimum atomic E-state index is -0.352. The van der Waals surface area contributed by atoms with Crippen molar-refractivity contribution in [1.82, 2.24) is 4.90 Å². The van der Waals surface area contributed by atoms with Gasteiger partial charge in [-0.25, -0.2) is 0 Å². The fraction of sp³-hybridized carbons (Fsp3) is 0.533. The predicted octanol–water partition coefficient (Wildman–Crippen LogP) is 9.28. The normalized spacial score (nSPS) is 14.4. The maximum absolute atomic E-state index is 14.3. The number of hydrogen-bond donors (Lipinski definition) is 1. The van der Waals surface area contributed by atoms with Crippen molar-refractivity contribution in [3.05, 3.63) is 76.1 Å². The van der Waals surface area contributed by atoms with E-state index in [-0.39, 0.29) is 43.0 Å². The van der Waals surface area contributed by atoms with Gasteiger partial charge in [-0.05, 0) is 24.6 Å². The molecule has 0 fully saturated rings. The first-order valence-corrected chi connectivity index (χ1v) is 13.3. The quantitative estimate of drug-likeness (QED) is 0.238. The molecule has 3 rings (SSSR count). The SMILES string of the molecule is CC.CC.CCCCCCC(C)C.CN1CC=C(N)c2ccccc2C1c1[c-]cc(Cl)cc1F.[U]. The van der Waals surface area contributed by atoms with Crippen molar-refractivity contribution >= 4 is 17.3 Å². The Hall–Kier alpha value is -0.788. The molecule has 2 nitrogen and oxygen atoms in total. The molecule has 2 aromatic rings. The van der Waals surface area contributed by atoms with E-state index < -0.39 is 0 Å². The van der Waals surface area contributed by atoms with Crippen molar-refractivity contribution in [2.24, 2.45) is 11.7 Å². The van der Waals surface area contributed by atoms with Crippen LogP contribution in [0.2, 0.25) is 5.02 Å². The standard InChI is InChI=1S/C17H15ClFN2.C9H20.2C2H6.U/c1-21-9-8-16(20)12-4-2-3-5-13(12)17(21)14-7-6-11(18)10-15(14)19;1-4-5-6-7-8-9(2)3;2*1-2;/h2-6,8,10,17H,9,20H2,1H3;9H,4-8H2,1-3H3;2*1-2H3;/q-1;;;;. The third-order valence-electron chi connectivity index (χ3n) is 5.40. The number of unbranched alkanes of at least 4 members (excludes halogenated alkanes) is 3. The molecule has 0 amide bonds. The van der Waals surface area contributed by atoms with E-state index in [1.54, 1.807) is 6.07 Å². The van der Waals surface area contributed by atoms with Crippen LogP contribution in [0.1, 0.15) is 103 Å². The van der Waals surface area contributed by atoms with Crippen molar-refractivity contribution in [2.45, 2.75) is 86.6 Å². The van der Waals surface area contributed by atoms with Crippen LogP contribution in [0.15, 0.2) is 42.5 Å². The number of halogens is 2. The first kappa shape index (κ1) is 36.4. The maximum atomic E-state index is 14.3. The van der Waals surface area contributed by atoms with Crippen LogP contribution in [0.4, 0.5) is 4.39 Å². The van der Waals surface area contributed by atoms with Crippen molar-refractivity contribution in [1.29, 1.82) is 0 Å². The second-order valence-corrected chi connectivity index (χ2v) is 8.85. The molecule has 2 N–H and O–H groups in total. The molecule has 0 saturated heterocycles. The zero-order valence-electron chi connectivity index (χ0n) is 23.2. The summed E-state index contributed by atoms with van der Waals surface area (Å²) in [4.78, 5) is 2.04. The fourth-order valence-corrected chi connectivity index (χ4v) is 3.86. The number of likely N-dealkylation sites (N-methyl/N-ethyl adjacent to an activating group) is 1. The van der Waals surface area contributed by atoms with Crippen LogP contribution >= 0.6 is 11.6 Å². The van der Waals surface area contributed by atoms with Crippen molar-refractivity contribution in [3.8, 4) is 0 Å². The zero-order chi connectivity index (χ0) is 26.1. The molecule has 1 unspecified atom stereocenters. The molecule has 35 heavy (non-hydrogen) atoms. The first-order chi connectivity index (χ1) is 16.3. The number of nitrogens with two attached hydrogens (primary N) is 1. The number of fused-ring (bicyclic) bond motifs is 1. The van der Waals surface area contributed by atoms with Gasteiger partial charge >= 0.3 is 0 Å². The van der Waals surface area contributed by atoms with Crippen LogP contribution in [0.3, 0.4) is 0 Å². The van der Waals surface area contributed by atoms with E-state index in [1.165, 1.54) is 38.2 Å². The van der Waals surface area contributed by atoms with Gasteiger partial charge in [0.2, 0.25) is 0 Å². The van der Waals surface area contributed by atoms with Gasteiger partial charge in [-0.15, -0.1) is 11.6 Å². The third-order valence-corrected chi connectivity index (χ3v) is 5.62. The average Bonchev–Trinajstić information content (AvgIpc) is 2.96. The Kier molecular flexibility index (Phi) is 22.1. The Balaban J connectivity index is 0. The maximum Gasteiger partial charge on any atom is 0.0410 e. The number of rotatable bonds is 6. The molecule has 1 atom stereocenters. The fourth-order valence-electron chi connectivity index (χ4n) is 3.71. The summed E-state index contributed by atoms with van der Waals surface area (Å²) < 4.78 is 14.3. The molecule has 196 valence electrons. The second kappa shape index (κ2) is 21.3. The zero-order valence-corrected chi connectivity index (χ0v) is 28.1. The monoisotopic (exact) mass is 727 g/mol. The van der Waals surface area contributed by atoms with Gasteiger partial charge in [0.15, 0.2) is 0 Å². The summed E-state index contributed by atoms with van der Waals surface area (Å²) in [7, 11) is 1.94. The van der Waals surface area contributed by atoms with Crippen LogP contribution in [0.5, 0.6) is 0 Å². The molecule has 0 aromatic heterocycles. The van der Waals surface area contributed by atoms with Crippen molar-refractivity contribution in [2.75, 3.05) is 13.6 Å². The van der Waals surface area contributed by atoms with Gasteiger partial charge in [-0.2, -0.15) is 23.7 Å². The molecule has 0 aliphatic carbocycles. The number of benzene rings is 2. The van der Waals surface area contributed by atoms with E-state index in [9.17, 15) is 4.39 Å². The van der Waals surface area contributed by atoms with Crippen LogP contribution in [-0.4, -0.2) is 18.5 Å². The average molecular weight is 728 g/mol. The molecule has 1 aliphatic rings. The molecular weight excluding hydrogens is 681 g/mol. The van der Waals surface area contributed by atoms with Gasteiger partial charge in [-0.3, -0.25) is 9.29 Å². The van der Waals surface area contributed by atoms with Crippen LogP contribution < -0.4 is 5.73 Å². The molecule has 5 heteroatoms. The van der Waals surface area contributed by atoms with E-state index in [0.717, 1.165) is 17.0 Å². The van der Waals surface area contributed by atoms with Gasteiger partial charge in [0, 0.05) is 60.8 Å². The van der Waals surface area contributed by atoms with Crippen LogP contribution in [-0.2, 0) is 0 Å². The molecule has 0 saturated carbocycles. The van der Waals surface area contributed by atoms with E-state index >= 15 is 0 Å². The Morgan fingerprint density at radius 2 is 1.74 bits per heavy atom. The van der Waals surface area contributed by atoms with Crippen molar-refractivity contribution < 1.29 is 35.5 Å². The molecule has 1 aliphatic heterocycles. The van der Waals surface area contributed by atoms with E-state index in [1.807, 2.05) is 70.0 Å². The van der Waals surface area contributed by atoms with Crippen molar-refractivity contribution in [3.63, 3.8) is 0 Å². The molecule has 2 aromatic carbocycles. The van der Waals surface area contributed by atoms with Gasteiger partial charge in [0.1, 0.15) is 0 Å². The van der Waals surface area contributed by atoms with Crippen LogP contribution in [0, 0.1) is 48.9 Å². The summed E-state index contributed by atoms with van der Waals surface area (Å²) in [5.41, 5.74) is 9.24. The molecule has 1 heterocycles. The summed E-state index contributed by atoms with van der Waals surface area (Å²) in [6, 6.07) is 13.5. The van der Waals surface area contributed by atoms with Gasteiger partial charge in [0.05, 0.1) is 0 Å².